The van der Waals surface area contributed by atoms with Crippen molar-refractivity contribution in [1.82, 2.24) is 25.0 Å². The molecule has 0 aliphatic heterocycles. The van der Waals surface area contributed by atoms with E-state index in [0.717, 1.165) is 17.7 Å². The van der Waals surface area contributed by atoms with Gasteiger partial charge in [0.25, 0.3) is 0 Å². The minimum absolute atomic E-state index is 0.157. The van der Waals surface area contributed by atoms with Gasteiger partial charge < -0.3 is 14.4 Å². The molecule has 3 aromatic heterocycles. The Morgan fingerprint density at radius 2 is 1.88 bits per heavy atom. The van der Waals surface area contributed by atoms with Crippen molar-refractivity contribution < 1.29 is 9.32 Å². The van der Waals surface area contributed by atoms with Crippen molar-refractivity contribution in [2.45, 2.75) is 20.0 Å². The Morgan fingerprint density at radius 3 is 2.72 bits per heavy atom. The standard InChI is InChI=1S/C25H21N5O2/c1-2-30-21-6-4-3-5-19(21)20-15-17(7-9-22(20)30)8-10-23(31)27-16-24-28-25(29-32-24)18-11-13-26-14-12-18/h3-15H,2,16H2,1H3,(H,27,31)/b10-8+. The number of para-hydroxylation sites is 1. The maximum atomic E-state index is 12.3. The van der Waals surface area contributed by atoms with Gasteiger partial charge in [-0.2, -0.15) is 4.98 Å². The van der Waals surface area contributed by atoms with E-state index in [0.29, 0.717) is 11.7 Å². The Kier molecular flexibility index (Phi) is 5.21. The fraction of sp³-hybridized carbons (Fsp3) is 0.120. The van der Waals surface area contributed by atoms with E-state index in [1.807, 2.05) is 12.1 Å². The fourth-order valence-electron chi connectivity index (χ4n) is 3.85. The van der Waals surface area contributed by atoms with Crippen molar-refractivity contribution in [1.29, 1.82) is 0 Å². The number of hydrogen-bond donors (Lipinski definition) is 1. The number of pyridine rings is 1. The van der Waals surface area contributed by atoms with Crippen LogP contribution in [0.25, 0.3) is 39.3 Å². The van der Waals surface area contributed by atoms with Gasteiger partial charge in [-0.25, -0.2) is 0 Å². The first kappa shape index (κ1) is 19.7. The van der Waals surface area contributed by atoms with E-state index >= 15 is 0 Å². The first-order valence-electron chi connectivity index (χ1n) is 10.4. The van der Waals surface area contributed by atoms with Crippen LogP contribution in [0.1, 0.15) is 18.4 Å². The predicted octanol–water partition coefficient (Wildman–Crippen LogP) is 4.59. The molecule has 7 nitrogen and oxygen atoms in total. The normalized spacial score (nSPS) is 11.5. The number of nitrogens with zero attached hydrogens (tertiary/aromatic N) is 4. The first-order valence-corrected chi connectivity index (χ1v) is 10.4. The SMILES string of the molecule is CCn1c2ccccc2c2cc(/C=C/C(=O)NCc3nc(-c4ccncc4)no3)ccc21. The molecule has 1 N–H and O–H groups in total. The third-order valence-corrected chi connectivity index (χ3v) is 5.36. The van der Waals surface area contributed by atoms with Crippen LogP contribution in [0.3, 0.4) is 0 Å². The highest BCUT2D eigenvalue weighted by Gasteiger charge is 2.10. The van der Waals surface area contributed by atoms with Crippen LogP contribution in [0.15, 0.2) is 77.6 Å². The molecule has 0 unspecified atom stereocenters. The highest BCUT2D eigenvalue weighted by atomic mass is 16.5. The summed E-state index contributed by atoms with van der Waals surface area (Å²) in [5, 5.41) is 9.10. The molecular weight excluding hydrogens is 402 g/mol. The molecule has 7 heteroatoms. The number of nitrogens with one attached hydrogen (secondary N) is 1. The molecule has 0 bridgehead atoms. The molecule has 0 saturated heterocycles. The van der Waals surface area contributed by atoms with Gasteiger partial charge in [-0.1, -0.05) is 29.4 Å². The average Bonchev–Trinajstić information content (AvgIpc) is 3.44. The Morgan fingerprint density at radius 1 is 1.06 bits per heavy atom. The van der Waals surface area contributed by atoms with E-state index in [9.17, 15) is 4.79 Å². The molecule has 0 fully saturated rings. The first-order chi connectivity index (χ1) is 15.7. The lowest BCUT2D eigenvalue weighted by atomic mass is 10.1. The zero-order chi connectivity index (χ0) is 21.9. The maximum absolute atomic E-state index is 12.3. The van der Waals surface area contributed by atoms with E-state index in [1.165, 1.54) is 27.9 Å². The van der Waals surface area contributed by atoms with Gasteiger partial charge in [0.05, 0.1) is 6.54 Å². The molecule has 2 aromatic carbocycles. The van der Waals surface area contributed by atoms with Crippen molar-refractivity contribution in [2.24, 2.45) is 0 Å². The lowest BCUT2D eigenvalue weighted by Gasteiger charge is -2.02. The van der Waals surface area contributed by atoms with Crippen molar-refractivity contribution in [3.63, 3.8) is 0 Å². The molecule has 158 valence electrons. The number of aromatic nitrogens is 4. The zero-order valence-corrected chi connectivity index (χ0v) is 17.5. The summed E-state index contributed by atoms with van der Waals surface area (Å²) in [6.45, 7) is 3.21. The number of aryl methyl sites for hydroxylation is 1. The van der Waals surface area contributed by atoms with Crippen LogP contribution in [0, 0.1) is 0 Å². The summed E-state index contributed by atoms with van der Waals surface area (Å²) in [6.07, 6.45) is 6.65. The largest absolute Gasteiger partial charge is 0.343 e. The van der Waals surface area contributed by atoms with E-state index in [-0.39, 0.29) is 12.5 Å². The van der Waals surface area contributed by atoms with Gasteiger partial charge in [-0.3, -0.25) is 9.78 Å². The molecule has 0 saturated carbocycles. The van der Waals surface area contributed by atoms with Crippen LogP contribution in [-0.4, -0.2) is 25.6 Å². The average molecular weight is 423 g/mol. The van der Waals surface area contributed by atoms with Crippen molar-refractivity contribution in [2.75, 3.05) is 0 Å². The molecule has 0 aliphatic rings. The highest BCUT2D eigenvalue weighted by Crippen LogP contribution is 2.29. The number of hydrogen-bond acceptors (Lipinski definition) is 5. The number of carbonyl (C=O) groups excluding carboxylic acids is 1. The number of amides is 1. The smallest absolute Gasteiger partial charge is 0.246 e. The van der Waals surface area contributed by atoms with Gasteiger partial charge in [0.2, 0.25) is 17.6 Å². The van der Waals surface area contributed by atoms with Gasteiger partial charge in [0, 0.05) is 52.4 Å². The number of rotatable bonds is 6. The van der Waals surface area contributed by atoms with E-state index < -0.39 is 0 Å². The fourth-order valence-corrected chi connectivity index (χ4v) is 3.85. The molecule has 0 atom stereocenters. The van der Waals surface area contributed by atoms with Crippen molar-refractivity contribution >= 4 is 33.8 Å². The minimum atomic E-state index is -0.232. The van der Waals surface area contributed by atoms with Crippen LogP contribution in [-0.2, 0) is 17.9 Å². The molecule has 0 radical (unpaired) electrons. The summed E-state index contributed by atoms with van der Waals surface area (Å²) in [5.41, 5.74) is 4.18. The van der Waals surface area contributed by atoms with Crippen molar-refractivity contribution in [3.05, 3.63) is 84.5 Å². The molecule has 0 aliphatic carbocycles. The Hall–Kier alpha value is -4.26. The van der Waals surface area contributed by atoms with Gasteiger partial charge in [-0.15, -0.1) is 0 Å². The van der Waals surface area contributed by atoms with Crippen LogP contribution < -0.4 is 5.32 Å². The van der Waals surface area contributed by atoms with Crippen LogP contribution in [0.2, 0.25) is 0 Å². The van der Waals surface area contributed by atoms with Crippen LogP contribution >= 0.6 is 0 Å². The maximum Gasteiger partial charge on any atom is 0.246 e. The molecule has 1 amide bonds. The second-order valence-electron chi connectivity index (χ2n) is 7.34. The third kappa shape index (κ3) is 3.76. The second-order valence-corrected chi connectivity index (χ2v) is 7.34. The molecule has 0 spiro atoms. The second kappa shape index (κ2) is 8.47. The monoisotopic (exact) mass is 423 g/mol. The lowest BCUT2D eigenvalue weighted by molar-refractivity contribution is -0.116. The topological polar surface area (TPSA) is 85.8 Å². The third-order valence-electron chi connectivity index (χ3n) is 5.36. The predicted molar refractivity (Wildman–Crippen MR) is 124 cm³/mol. The van der Waals surface area contributed by atoms with E-state index in [4.69, 9.17) is 4.52 Å². The van der Waals surface area contributed by atoms with Gasteiger partial charge >= 0.3 is 0 Å². The molecule has 5 aromatic rings. The molecular formula is C25H21N5O2. The lowest BCUT2D eigenvalue weighted by Crippen LogP contribution is -2.20. The quantitative estimate of drug-likeness (QED) is 0.404. The minimum Gasteiger partial charge on any atom is -0.343 e. The summed E-state index contributed by atoms with van der Waals surface area (Å²) in [5.74, 6) is 0.573. The van der Waals surface area contributed by atoms with Gasteiger partial charge in [-0.05, 0) is 48.9 Å². The van der Waals surface area contributed by atoms with Crippen LogP contribution in [0.4, 0.5) is 0 Å². The zero-order valence-electron chi connectivity index (χ0n) is 17.5. The Bertz CT molecular complexity index is 1430. The number of carbonyl (C=O) groups is 1. The van der Waals surface area contributed by atoms with Crippen LogP contribution in [0.5, 0.6) is 0 Å². The summed E-state index contributed by atoms with van der Waals surface area (Å²) >= 11 is 0. The summed E-state index contributed by atoms with van der Waals surface area (Å²) in [6, 6.07) is 18.2. The Balaban J connectivity index is 1.29. The van der Waals surface area contributed by atoms with Gasteiger partial charge in [0.15, 0.2) is 0 Å². The highest BCUT2D eigenvalue weighted by molar-refractivity contribution is 6.08. The summed E-state index contributed by atoms with van der Waals surface area (Å²) in [4.78, 5) is 20.6. The molecule has 3 heterocycles. The molecule has 5 rings (SSSR count). The number of fused-ring (bicyclic) bond motifs is 3. The Labute approximate surface area is 184 Å². The van der Waals surface area contributed by atoms with E-state index in [2.05, 4.69) is 68.3 Å². The number of benzene rings is 2. The van der Waals surface area contributed by atoms with Gasteiger partial charge in [0.1, 0.15) is 0 Å². The molecule has 32 heavy (non-hydrogen) atoms. The summed E-state index contributed by atoms with van der Waals surface area (Å²) in [7, 11) is 0. The van der Waals surface area contributed by atoms with E-state index in [1.54, 1.807) is 24.5 Å². The summed E-state index contributed by atoms with van der Waals surface area (Å²) < 4.78 is 7.51. The van der Waals surface area contributed by atoms with Crippen molar-refractivity contribution in [3.8, 4) is 11.4 Å².